The molecular weight excluding hydrogens is 258 g/mol. The average Bonchev–Trinajstić information content (AvgIpc) is 3.11. The molecule has 0 radical (unpaired) electrons. The van der Waals surface area contributed by atoms with Gasteiger partial charge in [-0.3, -0.25) is 0 Å². The molecule has 0 amide bonds. The summed E-state index contributed by atoms with van der Waals surface area (Å²) in [6.45, 7) is 0.757. The van der Waals surface area contributed by atoms with Crippen molar-refractivity contribution in [2.24, 2.45) is 11.8 Å². The Hall–Kier alpha value is -2.18. The first-order valence-electron chi connectivity index (χ1n) is 6.89. The number of carboxylic acid groups (broad SMARTS) is 1. The van der Waals surface area contributed by atoms with Gasteiger partial charge in [-0.1, -0.05) is 6.42 Å². The van der Waals surface area contributed by atoms with Crippen LogP contribution in [0.3, 0.4) is 0 Å². The van der Waals surface area contributed by atoms with Gasteiger partial charge in [0.05, 0.1) is 6.33 Å². The number of anilines is 1. The van der Waals surface area contributed by atoms with E-state index >= 15 is 0 Å². The highest BCUT2D eigenvalue weighted by Crippen LogP contribution is 2.44. The Kier molecular flexibility index (Phi) is 2.42. The van der Waals surface area contributed by atoms with E-state index in [2.05, 4.69) is 19.9 Å². The van der Waals surface area contributed by atoms with Crippen LogP contribution in [0, 0.1) is 11.8 Å². The second kappa shape index (κ2) is 4.16. The van der Waals surface area contributed by atoms with Crippen molar-refractivity contribution in [1.29, 1.82) is 0 Å². The van der Waals surface area contributed by atoms with Crippen molar-refractivity contribution in [2.45, 2.75) is 25.3 Å². The van der Waals surface area contributed by atoms with Crippen molar-refractivity contribution in [3.05, 3.63) is 12.7 Å². The Morgan fingerprint density at radius 2 is 2.25 bits per heavy atom. The van der Waals surface area contributed by atoms with E-state index in [1.54, 1.807) is 6.33 Å². The molecule has 7 nitrogen and oxygen atoms in total. The molecule has 0 bridgehead atoms. The number of aliphatic carboxylic acids is 1. The third-order valence-electron chi connectivity index (χ3n) is 4.62. The van der Waals surface area contributed by atoms with Crippen molar-refractivity contribution in [2.75, 3.05) is 11.4 Å². The van der Waals surface area contributed by atoms with E-state index in [0.717, 1.165) is 31.3 Å². The van der Waals surface area contributed by atoms with E-state index in [0.29, 0.717) is 17.4 Å². The molecule has 1 saturated carbocycles. The molecule has 3 atom stereocenters. The molecule has 2 fully saturated rings. The molecule has 3 heterocycles. The number of hydrogen-bond donors (Lipinski definition) is 2. The third kappa shape index (κ3) is 1.52. The zero-order valence-electron chi connectivity index (χ0n) is 10.9. The number of carboxylic acids is 1. The number of aromatic nitrogens is 4. The Morgan fingerprint density at radius 1 is 1.35 bits per heavy atom. The van der Waals surface area contributed by atoms with Gasteiger partial charge in [0.1, 0.15) is 17.9 Å². The van der Waals surface area contributed by atoms with Gasteiger partial charge in [-0.05, 0) is 24.7 Å². The maximum atomic E-state index is 11.7. The number of fused-ring (bicyclic) bond motifs is 2. The average molecular weight is 273 g/mol. The van der Waals surface area contributed by atoms with Crippen LogP contribution >= 0.6 is 0 Å². The summed E-state index contributed by atoms with van der Waals surface area (Å²) in [6, 6.07) is -0.483. The number of rotatable bonds is 2. The van der Waals surface area contributed by atoms with E-state index in [-0.39, 0.29) is 5.92 Å². The van der Waals surface area contributed by atoms with Crippen LogP contribution in [0.1, 0.15) is 19.3 Å². The van der Waals surface area contributed by atoms with E-state index < -0.39 is 12.0 Å². The molecule has 20 heavy (non-hydrogen) atoms. The van der Waals surface area contributed by atoms with E-state index in [4.69, 9.17) is 0 Å². The summed E-state index contributed by atoms with van der Waals surface area (Å²) in [5.41, 5.74) is 1.30. The molecule has 2 aromatic heterocycles. The van der Waals surface area contributed by atoms with Gasteiger partial charge in [0.15, 0.2) is 11.5 Å². The minimum absolute atomic E-state index is 0.237. The first-order valence-corrected chi connectivity index (χ1v) is 6.89. The first kappa shape index (κ1) is 11.6. The first-order chi connectivity index (χ1) is 9.75. The van der Waals surface area contributed by atoms with E-state index in [1.807, 2.05) is 4.90 Å². The maximum absolute atomic E-state index is 11.7. The number of H-pyrrole nitrogens is 1. The largest absolute Gasteiger partial charge is 0.480 e. The molecule has 1 aliphatic heterocycles. The summed E-state index contributed by atoms with van der Waals surface area (Å²) in [7, 11) is 0. The lowest BCUT2D eigenvalue weighted by Crippen LogP contribution is -2.40. The summed E-state index contributed by atoms with van der Waals surface area (Å²) >= 11 is 0. The van der Waals surface area contributed by atoms with Gasteiger partial charge < -0.3 is 15.0 Å². The van der Waals surface area contributed by atoms with Gasteiger partial charge in [-0.15, -0.1) is 0 Å². The van der Waals surface area contributed by atoms with Crippen LogP contribution in [-0.2, 0) is 4.79 Å². The predicted octanol–water partition coefficient (Wildman–Crippen LogP) is 1.04. The Morgan fingerprint density at radius 3 is 3.10 bits per heavy atom. The molecule has 1 aliphatic carbocycles. The monoisotopic (exact) mass is 273 g/mol. The van der Waals surface area contributed by atoms with Gasteiger partial charge in [0.25, 0.3) is 0 Å². The fourth-order valence-corrected chi connectivity index (χ4v) is 3.81. The highest BCUT2D eigenvalue weighted by Gasteiger charge is 2.48. The summed E-state index contributed by atoms with van der Waals surface area (Å²) in [4.78, 5) is 29.1. The Bertz CT molecular complexity index is 670. The molecule has 2 N–H and O–H groups in total. The van der Waals surface area contributed by atoms with Crippen LogP contribution < -0.4 is 4.90 Å². The molecule has 0 aromatic carbocycles. The van der Waals surface area contributed by atoms with Crippen molar-refractivity contribution in [1.82, 2.24) is 19.9 Å². The second-order valence-electron chi connectivity index (χ2n) is 5.59. The Balaban J connectivity index is 1.81. The molecular formula is C13H15N5O2. The number of imidazole rings is 1. The molecule has 2 aromatic rings. The third-order valence-corrected chi connectivity index (χ3v) is 4.62. The normalized spacial score (nSPS) is 29.0. The van der Waals surface area contributed by atoms with Gasteiger partial charge in [-0.25, -0.2) is 19.7 Å². The summed E-state index contributed by atoms with van der Waals surface area (Å²) in [5.74, 6) is 0.601. The quantitative estimate of drug-likeness (QED) is 0.849. The van der Waals surface area contributed by atoms with Crippen molar-refractivity contribution >= 4 is 23.0 Å². The lowest BCUT2D eigenvalue weighted by atomic mass is 9.94. The summed E-state index contributed by atoms with van der Waals surface area (Å²) in [6.07, 6.45) is 6.26. The molecule has 7 heteroatoms. The van der Waals surface area contributed by atoms with Crippen LogP contribution in [0.5, 0.6) is 0 Å². The number of aromatic amines is 1. The standard InChI is InChI=1S/C13H15N5O2/c19-13(20)10-8-3-1-2-7(8)4-18(10)12-9-11(15-5-14-9)16-6-17-12/h5-8,10H,1-4H2,(H,19,20)(H,14,15,16,17). The lowest BCUT2D eigenvalue weighted by molar-refractivity contribution is -0.139. The zero-order valence-corrected chi connectivity index (χ0v) is 10.9. The fourth-order valence-electron chi connectivity index (χ4n) is 3.81. The van der Waals surface area contributed by atoms with E-state index in [1.165, 1.54) is 6.33 Å². The summed E-state index contributed by atoms with van der Waals surface area (Å²) in [5, 5.41) is 9.60. The number of carbonyl (C=O) groups is 1. The van der Waals surface area contributed by atoms with Crippen molar-refractivity contribution < 1.29 is 9.90 Å². The second-order valence-corrected chi connectivity index (χ2v) is 5.59. The molecule has 3 unspecified atom stereocenters. The van der Waals surface area contributed by atoms with Crippen LogP contribution in [-0.4, -0.2) is 43.6 Å². The number of nitrogens with one attached hydrogen (secondary N) is 1. The zero-order chi connectivity index (χ0) is 13.7. The van der Waals surface area contributed by atoms with Gasteiger partial charge in [0.2, 0.25) is 0 Å². The van der Waals surface area contributed by atoms with Crippen molar-refractivity contribution in [3.8, 4) is 0 Å². The maximum Gasteiger partial charge on any atom is 0.326 e. The highest BCUT2D eigenvalue weighted by atomic mass is 16.4. The molecule has 104 valence electrons. The molecule has 0 spiro atoms. The Labute approximate surface area is 115 Å². The van der Waals surface area contributed by atoms with Gasteiger partial charge >= 0.3 is 5.97 Å². The van der Waals surface area contributed by atoms with Crippen LogP contribution in [0.15, 0.2) is 12.7 Å². The SMILES string of the molecule is O=C(O)C1C2CCCC2CN1c1ncnc2nc[nH]c12. The smallest absolute Gasteiger partial charge is 0.326 e. The topological polar surface area (TPSA) is 95.0 Å². The minimum Gasteiger partial charge on any atom is -0.480 e. The van der Waals surface area contributed by atoms with Crippen LogP contribution in [0.4, 0.5) is 5.82 Å². The van der Waals surface area contributed by atoms with Crippen molar-refractivity contribution in [3.63, 3.8) is 0 Å². The lowest BCUT2D eigenvalue weighted by Gasteiger charge is -2.25. The number of hydrogen-bond acceptors (Lipinski definition) is 5. The highest BCUT2D eigenvalue weighted by molar-refractivity contribution is 5.87. The van der Waals surface area contributed by atoms with Gasteiger partial charge in [0, 0.05) is 6.54 Å². The number of nitrogens with zero attached hydrogens (tertiary/aromatic N) is 4. The van der Waals surface area contributed by atoms with E-state index in [9.17, 15) is 9.90 Å². The minimum atomic E-state index is -0.759. The molecule has 1 saturated heterocycles. The molecule has 4 rings (SSSR count). The summed E-state index contributed by atoms with van der Waals surface area (Å²) < 4.78 is 0. The van der Waals surface area contributed by atoms with Crippen LogP contribution in [0.25, 0.3) is 11.2 Å². The molecule has 2 aliphatic rings. The van der Waals surface area contributed by atoms with Gasteiger partial charge in [-0.2, -0.15) is 0 Å². The predicted molar refractivity (Wildman–Crippen MR) is 71.3 cm³/mol. The van der Waals surface area contributed by atoms with Crippen LogP contribution in [0.2, 0.25) is 0 Å². The fraction of sp³-hybridized carbons (Fsp3) is 0.538.